The molecular weight excluding hydrogens is 428 g/mol. The third kappa shape index (κ3) is 4.25. The summed E-state index contributed by atoms with van der Waals surface area (Å²) in [5.41, 5.74) is 0.373. The van der Waals surface area contributed by atoms with E-state index in [1.165, 1.54) is 39.9 Å². The predicted molar refractivity (Wildman–Crippen MR) is 99.8 cm³/mol. The quantitative estimate of drug-likeness (QED) is 0.690. The molecule has 0 atom stereocenters. The van der Waals surface area contributed by atoms with Gasteiger partial charge in [-0.25, -0.2) is 8.42 Å². The molecule has 1 N–H and O–H groups in total. The smallest absolute Gasteiger partial charge is 0.257 e. The molecule has 10 heteroatoms. The number of aryl methyl sites for hydroxylation is 1. The fraction of sp³-hybridized carbons (Fsp3) is 0.400. The van der Waals surface area contributed by atoms with Crippen molar-refractivity contribution in [2.24, 2.45) is 0 Å². The van der Waals surface area contributed by atoms with Crippen molar-refractivity contribution in [1.82, 2.24) is 14.5 Å². The van der Waals surface area contributed by atoms with Crippen LogP contribution in [-0.4, -0.2) is 47.2 Å². The van der Waals surface area contributed by atoms with E-state index < -0.39 is 10.0 Å². The molecule has 0 bridgehead atoms. The fourth-order valence-electron chi connectivity index (χ4n) is 2.51. The molecule has 1 fully saturated rings. The minimum absolute atomic E-state index is 0.210. The number of alkyl halides is 1. The molecule has 134 valence electrons. The van der Waals surface area contributed by atoms with Crippen molar-refractivity contribution >= 4 is 48.3 Å². The number of halogens is 1. The first kappa shape index (κ1) is 18.4. The summed E-state index contributed by atoms with van der Waals surface area (Å²) in [6, 6.07) is 5.97. The Morgan fingerprint density at radius 2 is 1.88 bits per heavy atom. The summed E-state index contributed by atoms with van der Waals surface area (Å²) < 4.78 is 26.4. The van der Waals surface area contributed by atoms with E-state index in [2.05, 4.69) is 31.4 Å². The number of nitrogens with zero attached hydrogens (tertiary/aromatic N) is 3. The van der Waals surface area contributed by atoms with Crippen molar-refractivity contribution in [2.75, 3.05) is 23.7 Å². The summed E-state index contributed by atoms with van der Waals surface area (Å²) in [6.07, 6.45) is 2.52. The van der Waals surface area contributed by atoms with Crippen molar-refractivity contribution in [1.29, 1.82) is 0 Å². The Bertz CT molecular complexity index is 846. The normalized spacial score (nSPS) is 15.4. The highest BCUT2D eigenvalue weighted by molar-refractivity contribution is 9.09. The Kier molecular flexibility index (Phi) is 5.82. The van der Waals surface area contributed by atoms with Gasteiger partial charge in [0.25, 0.3) is 5.91 Å². The fourth-order valence-corrected chi connectivity index (χ4v) is 5.40. The second kappa shape index (κ2) is 7.90. The number of nitrogens with one attached hydrogen (secondary N) is 1. The van der Waals surface area contributed by atoms with Crippen LogP contribution in [0.15, 0.2) is 29.2 Å². The van der Waals surface area contributed by atoms with Gasteiger partial charge in [0.05, 0.1) is 4.90 Å². The summed E-state index contributed by atoms with van der Waals surface area (Å²) in [7, 11) is -3.47. The second-order valence-corrected chi connectivity index (χ2v) is 9.32. The summed E-state index contributed by atoms with van der Waals surface area (Å²) in [4.78, 5) is 12.5. The molecule has 0 saturated carbocycles. The monoisotopic (exact) mass is 444 g/mol. The van der Waals surface area contributed by atoms with Gasteiger partial charge in [-0.1, -0.05) is 27.3 Å². The summed E-state index contributed by atoms with van der Waals surface area (Å²) in [6.45, 7) is 1.11. The van der Waals surface area contributed by atoms with Crippen molar-refractivity contribution in [3.8, 4) is 0 Å². The molecule has 2 heterocycles. The lowest BCUT2D eigenvalue weighted by Gasteiger charge is -2.15. The number of anilines is 1. The van der Waals surface area contributed by atoms with Crippen LogP contribution in [0.1, 0.15) is 28.2 Å². The van der Waals surface area contributed by atoms with Gasteiger partial charge in [-0.15, -0.1) is 10.2 Å². The minimum Gasteiger partial charge on any atom is -0.296 e. The first-order valence-corrected chi connectivity index (χ1v) is 11.2. The first-order chi connectivity index (χ1) is 12.0. The molecule has 1 aromatic carbocycles. The highest BCUT2D eigenvalue weighted by Gasteiger charge is 2.27. The third-order valence-corrected chi connectivity index (χ3v) is 7.02. The van der Waals surface area contributed by atoms with Gasteiger partial charge in [-0.05, 0) is 37.1 Å². The number of amides is 1. The average Bonchev–Trinajstić information content (AvgIpc) is 3.28. The van der Waals surface area contributed by atoms with E-state index in [1.54, 1.807) is 0 Å². The van der Waals surface area contributed by atoms with Crippen LogP contribution in [0.5, 0.6) is 0 Å². The van der Waals surface area contributed by atoms with E-state index in [0.717, 1.165) is 29.6 Å². The molecular formula is C15H17BrN4O3S2. The van der Waals surface area contributed by atoms with Crippen molar-refractivity contribution in [3.63, 3.8) is 0 Å². The zero-order valence-electron chi connectivity index (χ0n) is 13.3. The van der Waals surface area contributed by atoms with Crippen LogP contribution in [0, 0.1) is 0 Å². The number of aromatic nitrogens is 2. The minimum atomic E-state index is -3.47. The number of carbonyl (C=O) groups is 1. The molecule has 0 unspecified atom stereocenters. The molecule has 25 heavy (non-hydrogen) atoms. The summed E-state index contributed by atoms with van der Waals surface area (Å²) >= 11 is 4.65. The molecule has 1 aliphatic heterocycles. The highest BCUT2D eigenvalue weighted by atomic mass is 79.9. The van der Waals surface area contributed by atoms with Crippen LogP contribution in [0.4, 0.5) is 5.13 Å². The molecule has 0 aliphatic carbocycles. The SMILES string of the molecule is O=C(Nc1nnc(CCBr)s1)c1ccc(S(=O)(=O)N2CCCC2)cc1. The van der Waals surface area contributed by atoms with Crippen LogP contribution in [0.3, 0.4) is 0 Å². The number of hydrogen-bond donors (Lipinski definition) is 1. The zero-order chi connectivity index (χ0) is 17.9. The Balaban J connectivity index is 1.69. The molecule has 0 radical (unpaired) electrons. The van der Waals surface area contributed by atoms with E-state index >= 15 is 0 Å². The molecule has 2 aromatic rings. The molecule has 1 aliphatic rings. The Labute approximate surface area is 158 Å². The van der Waals surface area contributed by atoms with E-state index in [-0.39, 0.29) is 10.8 Å². The summed E-state index contributed by atoms with van der Waals surface area (Å²) in [5.74, 6) is -0.341. The largest absolute Gasteiger partial charge is 0.296 e. The zero-order valence-corrected chi connectivity index (χ0v) is 16.5. The highest BCUT2D eigenvalue weighted by Crippen LogP contribution is 2.22. The first-order valence-electron chi connectivity index (χ1n) is 7.80. The lowest BCUT2D eigenvalue weighted by molar-refractivity contribution is 0.102. The Morgan fingerprint density at radius 3 is 2.52 bits per heavy atom. The van der Waals surface area contributed by atoms with Gasteiger partial charge in [-0.2, -0.15) is 4.31 Å². The van der Waals surface area contributed by atoms with Crippen LogP contribution in [-0.2, 0) is 16.4 Å². The van der Waals surface area contributed by atoms with Gasteiger partial charge in [0.1, 0.15) is 5.01 Å². The lowest BCUT2D eigenvalue weighted by Crippen LogP contribution is -2.27. The Hall–Kier alpha value is -1.36. The molecule has 7 nitrogen and oxygen atoms in total. The Morgan fingerprint density at radius 1 is 1.20 bits per heavy atom. The number of benzene rings is 1. The van der Waals surface area contributed by atoms with Crippen molar-refractivity contribution < 1.29 is 13.2 Å². The van der Waals surface area contributed by atoms with Crippen LogP contribution >= 0.6 is 27.3 Å². The molecule has 0 spiro atoms. The van der Waals surface area contributed by atoms with Crippen LogP contribution in [0.2, 0.25) is 0 Å². The van der Waals surface area contributed by atoms with Gasteiger partial charge >= 0.3 is 0 Å². The second-order valence-electron chi connectivity index (χ2n) is 5.53. The maximum Gasteiger partial charge on any atom is 0.257 e. The van der Waals surface area contributed by atoms with Crippen LogP contribution < -0.4 is 5.32 Å². The molecule has 1 amide bonds. The summed E-state index contributed by atoms with van der Waals surface area (Å²) in [5, 5.41) is 12.6. The van der Waals surface area contributed by atoms with Gasteiger partial charge < -0.3 is 0 Å². The maximum atomic E-state index is 12.5. The van der Waals surface area contributed by atoms with Crippen molar-refractivity contribution in [3.05, 3.63) is 34.8 Å². The lowest BCUT2D eigenvalue weighted by atomic mass is 10.2. The van der Waals surface area contributed by atoms with E-state index in [9.17, 15) is 13.2 Å². The van der Waals surface area contributed by atoms with E-state index in [4.69, 9.17) is 0 Å². The number of carbonyl (C=O) groups excluding carboxylic acids is 1. The number of sulfonamides is 1. The van der Waals surface area contributed by atoms with Crippen molar-refractivity contribution in [2.45, 2.75) is 24.2 Å². The standard InChI is InChI=1S/C15H17BrN4O3S2/c16-8-7-13-18-19-15(24-13)17-14(21)11-3-5-12(6-4-11)25(22,23)20-9-1-2-10-20/h3-6H,1-2,7-10H2,(H,17,19,21). The van der Waals surface area contributed by atoms with Gasteiger partial charge in [0, 0.05) is 30.4 Å². The van der Waals surface area contributed by atoms with Crippen LogP contribution in [0.25, 0.3) is 0 Å². The topological polar surface area (TPSA) is 92.3 Å². The maximum absolute atomic E-state index is 12.5. The van der Waals surface area contributed by atoms with E-state index in [1.807, 2.05) is 0 Å². The average molecular weight is 445 g/mol. The number of rotatable bonds is 6. The molecule has 1 saturated heterocycles. The van der Waals surface area contributed by atoms with E-state index in [0.29, 0.717) is 23.8 Å². The molecule has 1 aromatic heterocycles. The number of hydrogen-bond acceptors (Lipinski definition) is 6. The van der Waals surface area contributed by atoms with Gasteiger partial charge in [0.2, 0.25) is 15.2 Å². The van der Waals surface area contributed by atoms with Gasteiger partial charge in [0.15, 0.2) is 0 Å². The molecule has 3 rings (SSSR count). The van der Waals surface area contributed by atoms with Gasteiger partial charge in [-0.3, -0.25) is 10.1 Å². The predicted octanol–water partition coefficient (Wildman–Crippen LogP) is 2.51. The third-order valence-electron chi connectivity index (χ3n) is 3.81.